The lowest BCUT2D eigenvalue weighted by atomic mass is 10.1. The first kappa shape index (κ1) is 15.3. The first-order valence-corrected chi connectivity index (χ1v) is 8.58. The number of nitrogens with zero attached hydrogens (tertiary/aromatic N) is 2. The number of hydrogen-bond acceptors (Lipinski definition) is 2. The van der Waals surface area contributed by atoms with Crippen molar-refractivity contribution in [2.75, 3.05) is 26.2 Å². The number of carbonyl (C=O) groups is 1. The molecular weight excluding hydrogens is 274 g/mol. The fourth-order valence-electron chi connectivity index (χ4n) is 3.66. The molecule has 3 rings (SSSR count). The Balaban J connectivity index is 1.47. The molecule has 1 unspecified atom stereocenters. The fraction of sp³-hybridized carbons (Fsp3) is 0.611. The van der Waals surface area contributed by atoms with Crippen LogP contribution in [-0.2, 0) is 0 Å². The Morgan fingerprint density at radius 2 is 1.73 bits per heavy atom. The number of carbonyl (C=O) groups excluding carboxylic acids is 1. The molecule has 2 amide bonds. The lowest BCUT2D eigenvalue weighted by molar-refractivity contribution is 0.108. The molecule has 1 aliphatic heterocycles. The maximum absolute atomic E-state index is 12.4. The Labute approximate surface area is 133 Å². The zero-order valence-electron chi connectivity index (χ0n) is 13.5. The molecule has 0 bridgehead atoms. The van der Waals surface area contributed by atoms with Crippen molar-refractivity contribution in [1.29, 1.82) is 0 Å². The van der Waals surface area contributed by atoms with Crippen molar-refractivity contribution >= 4 is 6.03 Å². The van der Waals surface area contributed by atoms with Gasteiger partial charge in [-0.05, 0) is 25.3 Å². The molecule has 4 heteroatoms. The minimum Gasteiger partial charge on any atom is -0.331 e. The van der Waals surface area contributed by atoms with E-state index in [0.717, 1.165) is 37.8 Å². The first-order valence-electron chi connectivity index (χ1n) is 8.58. The van der Waals surface area contributed by atoms with Crippen molar-refractivity contribution in [3.63, 3.8) is 0 Å². The minimum atomic E-state index is 0.0570. The lowest BCUT2D eigenvalue weighted by Crippen LogP contribution is -2.54. The van der Waals surface area contributed by atoms with Gasteiger partial charge in [0.2, 0.25) is 0 Å². The van der Waals surface area contributed by atoms with E-state index in [1.165, 1.54) is 25.7 Å². The molecule has 1 saturated carbocycles. The zero-order valence-corrected chi connectivity index (χ0v) is 13.5. The summed E-state index contributed by atoms with van der Waals surface area (Å²) in [6.45, 7) is 5.80. The SMILES string of the molecule is CC(NC(=O)N1CCN(C2CCCC2)CC1)c1ccccc1. The van der Waals surface area contributed by atoms with Gasteiger partial charge in [0.25, 0.3) is 0 Å². The summed E-state index contributed by atoms with van der Waals surface area (Å²) in [4.78, 5) is 17.0. The molecule has 1 N–H and O–H groups in total. The Bertz CT molecular complexity index is 476. The summed E-state index contributed by atoms with van der Waals surface area (Å²) >= 11 is 0. The van der Waals surface area contributed by atoms with E-state index in [1.54, 1.807) is 0 Å². The minimum absolute atomic E-state index is 0.0570. The molecule has 1 aromatic rings. The van der Waals surface area contributed by atoms with Gasteiger partial charge in [-0.15, -0.1) is 0 Å². The summed E-state index contributed by atoms with van der Waals surface area (Å²) in [6, 6.07) is 11.0. The third kappa shape index (κ3) is 3.61. The maximum Gasteiger partial charge on any atom is 0.317 e. The topological polar surface area (TPSA) is 35.6 Å². The summed E-state index contributed by atoms with van der Waals surface area (Å²) in [6.07, 6.45) is 5.44. The normalized spacial score (nSPS) is 21.8. The molecule has 2 aliphatic rings. The predicted molar refractivity (Wildman–Crippen MR) is 88.8 cm³/mol. The van der Waals surface area contributed by atoms with Gasteiger partial charge in [-0.1, -0.05) is 43.2 Å². The number of piperazine rings is 1. The predicted octanol–water partition coefficient (Wildman–Crippen LogP) is 3.02. The highest BCUT2D eigenvalue weighted by molar-refractivity contribution is 5.74. The van der Waals surface area contributed by atoms with Crippen molar-refractivity contribution in [2.24, 2.45) is 0 Å². The highest BCUT2D eigenvalue weighted by atomic mass is 16.2. The molecule has 120 valence electrons. The molecule has 0 radical (unpaired) electrons. The van der Waals surface area contributed by atoms with Crippen LogP contribution in [0.4, 0.5) is 4.79 Å². The number of amides is 2. The number of rotatable bonds is 3. The van der Waals surface area contributed by atoms with E-state index in [-0.39, 0.29) is 12.1 Å². The molecule has 0 aromatic heterocycles. The number of hydrogen-bond donors (Lipinski definition) is 1. The van der Waals surface area contributed by atoms with Gasteiger partial charge >= 0.3 is 6.03 Å². The van der Waals surface area contributed by atoms with Crippen LogP contribution in [-0.4, -0.2) is 48.1 Å². The first-order chi connectivity index (χ1) is 10.7. The maximum atomic E-state index is 12.4. The number of benzene rings is 1. The van der Waals surface area contributed by atoms with E-state index < -0.39 is 0 Å². The Morgan fingerprint density at radius 1 is 1.09 bits per heavy atom. The molecule has 1 atom stereocenters. The second-order valence-electron chi connectivity index (χ2n) is 6.54. The van der Waals surface area contributed by atoms with Crippen molar-refractivity contribution in [1.82, 2.24) is 15.1 Å². The lowest BCUT2D eigenvalue weighted by Gasteiger charge is -2.38. The number of nitrogens with one attached hydrogen (secondary N) is 1. The summed E-state index contributed by atoms with van der Waals surface area (Å²) in [5.41, 5.74) is 1.15. The standard InChI is InChI=1S/C18H27N3O/c1-15(16-7-3-2-4-8-16)19-18(22)21-13-11-20(12-14-21)17-9-5-6-10-17/h2-4,7-8,15,17H,5-6,9-14H2,1H3,(H,19,22). The van der Waals surface area contributed by atoms with Crippen molar-refractivity contribution in [3.05, 3.63) is 35.9 Å². The highest BCUT2D eigenvalue weighted by Gasteiger charge is 2.28. The molecule has 4 nitrogen and oxygen atoms in total. The van der Waals surface area contributed by atoms with Gasteiger partial charge < -0.3 is 10.2 Å². The molecule has 1 aliphatic carbocycles. The molecule has 0 spiro atoms. The van der Waals surface area contributed by atoms with Crippen LogP contribution in [0.1, 0.15) is 44.2 Å². The fourth-order valence-corrected chi connectivity index (χ4v) is 3.66. The van der Waals surface area contributed by atoms with Gasteiger partial charge in [-0.2, -0.15) is 0 Å². The van der Waals surface area contributed by atoms with Crippen molar-refractivity contribution in [2.45, 2.75) is 44.7 Å². The average molecular weight is 301 g/mol. The quantitative estimate of drug-likeness (QED) is 0.931. The molecular formula is C18H27N3O. The third-order valence-electron chi connectivity index (χ3n) is 5.08. The second-order valence-corrected chi connectivity index (χ2v) is 6.54. The van der Waals surface area contributed by atoms with Crippen LogP contribution < -0.4 is 5.32 Å². The molecule has 2 fully saturated rings. The van der Waals surface area contributed by atoms with Crippen LogP contribution in [0.2, 0.25) is 0 Å². The highest BCUT2D eigenvalue weighted by Crippen LogP contribution is 2.24. The monoisotopic (exact) mass is 301 g/mol. The van der Waals surface area contributed by atoms with Crippen molar-refractivity contribution < 1.29 is 4.79 Å². The van der Waals surface area contributed by atoms with Gasteiger partial charge in [0.1, 0.15) is 0 Å². The Kier molecular flexibility index (Phi) is 4.98. The van der Waals surface area contributed by atoms with E-state index in [2.05, 4.69) is 22.3 Å². The van der Waals surface area contributed by atoms with Crippen LogP contribution in [0.15, 0.2) is 30.3 Å². The van der Waals surface area contributed by atoms with Crippen LogP contribution in [0.5, 0.6) is 0 Å². The summed E-state index contributed by atoms with van der Waals surface area (Å²) in [7, 11) is 0. The van der Waals surface area contributed by atoms with Crippen LogP contribution in [0.3, 0.4) is 0 Å². The van der Waals surface area contributed by atoms with Gasteiger partial charge in [-0.25, -0.2) is 4.79 Å². The summed E-state index contributed by atoms with van der Waals surface area (Å²) in [5, 5.41) is 3.12. The van der Waals surface area contributed by atoms with E-state index in [1.807, 2.05) is 30.0 Å². The Morgan fingerprint density at radius 3 is 2.36 bits per heavy atom. The van der Waals surface area contributed by atoms with E-state index in [4.69, 9.17) is 0 Å². The van der Waals surface area contributed by atoms with Gasteiger partial charge in [0.05, 0.1) is 6.04 Å². The molecule has 22 heavy (non-hydrogen) atoms. The van der Waals surface area contributed by atoms with E-state index >= 15 is 0 Å². The van der Waals surface area contributed by atoms with Crippen LogP contribution >= 0.6 is 0 Å². The van der Waals surface area contributed by atoms with Gasteiger partial charge in [0.15, 0.2) is 0 Å². The van der Waals surface area contributed by atoms with Crippen LogP contribution in [0, 0.1) is 0 Å². The average Bonchev–Trinajstić information content (AvgIpc) is 3.10. The zero-order chi connectivity index (χ0) is 15.4. The van der Waals surface area contributed by atoms with Gasteiger partial charge in [-0.3, -0.25) is 4.90 Å². The Hall–Kier alpha value is -1.55. The molecule has 1 saturated heterocycles. The molecule has 1 aromatic carbocycles. The van der Waals surface area contributed by atoms with E-state index in [9.17, 15) is 4.79 Å². The van der Waals surface area contributed by atoms with Gasteiger partial charge in [0, 0.05) is 32.2 Å². The second kappa shape index (κ2) is 7.14. The third-order valence-corrected chi connectivity index (χ3v) is 5.08. The smallest absolute Gasteiger partial charge is 0.317 e. The van der Waals surface area contributed by atoms with Crippen LogP contribution in [0.25, 0.3) is 0 Å². The summed E-state index contributed by atoms with van der Waals surface area (Å²) in [5.74, 6) is 0. The molecule has 1 heterocycles. The van der Waals surface area contributed by atoms with Crippen molar-refractivity contribution in [3.8, 4) is 0 Å². The summed E-state index contributed by atoms with van der Waals surface area (Å²) < 4.78 is 0. The number of urea groups is 1. The van der Waals surface area contributed by atoms with E-state index in [0.29, 0.717) is 0 Å². The largest absolute Gasteiger partial charge is 0.331 e.